The van der Waals surface area contributed by atoms with Crippen molar-refractivity contribution in [3.8, 4) is 0 Å². The van der Waals surface area contributed by atoms with Crippen molar-refractivity contribution in [2.24, 2.45) is 5.92 Å². The fraction of sp³-hybridized carbons (Fsp3) is 0.278. The predicted octanol–water partition coefficient (Wildman–Crippen LogP) is 3.59. The molecule has 0 spiro atoms. The van der Waals surface area contributed by atoms with E-state index in [1.54, 1.807) is 0 Å². The van der Waals surface area contributed by atoms with Crippen LogP contribution in [0.15, 0.2) is 60.7 Å². The molecule has 0 aromatic heterocycles. The molecule has 1 N–H and O–H groups in total. The Labute approximate surface area is 120 Å². The smallest absolute Gasteiger partial charge is 0.149 e. The van der Waals surface area contributed by atoms with Gasteiger partial charge in [0.25, 0.3) is 0 Å². The molecule has 20 heavy (non-hydrogen) atoms. The fourth-order valence-corrected chi connectivity index (χ4v) is 2.13. The number of Topliss-reactive ketones (excluding diaryl/α,β-unsaturated/α-hetero) is 1. The Morgan fingerprint density at radius 2 is 1.35 bits per heavy atom. The number of nitrogens with one attached hydrogen (secondary N) is 1. The topological polar surface area (TPSA) is 29.1 Å². The molecule has 0 saturated carbocycles. The molecule has 0 bridgehead atoms. The van der Waals surface area contributed by atoms with E-state index < -0.39 is 0 Å². The van der Waals surface area contributed by atoms with E-state index in [1.807, 2.05) is 50.2 Å². The third kappa shape index (κ3) is 3.78. The van der Waals surface area contributed by atoms with Gasteiger partial charge < -0.3 is 0 Å². The van der Waals surface area contributed by atoms with Crippen molar-refractivity contribution < 1.29 is 4.79 Å². The van der Waals surface area contributed by atoms with Crippen LogP contribution >= 0.6 is 0 Å². The van der Waals surface area contributed by atoms with E-state index in [0.717, 1.165) is 0 Å². The lowest BCUT2D eigenvalue weighted by molar-refractivity contribution is -0.121. The molecule has 0 fully saturated rings. The predicted molar refractivity (Wildman–Crippen MR) is 82.6 cm³/mol. The first kappa shape index (κ1) is 14.5. The minimum Gasteiger partial charge on any atom is -0.299 e. The maximum Gasteiger partial charge on any atom is 0.149 e. The maximum absolute atomic E-state index is 11.8. The summed E-state index contributed by atoms with van der Waals surface area (Å²) in [4.78, 5) is 11.8. The molecule has 0 heterocycles. The monoisotopic (exact) mass is 267 g/mol. The Hall–Kier alpha value is -1.93. The number of carbonyl (C=O) groups is 1. The zero-order valence-electron chi connectivity index (χ0n) is 12.0. The molecule has 104 valence electrons. The van der Waals surface area contributed by atoms with Gasteiger partial charge in [-0.3, -0.25) is 10.1 Å². The minimum absolute atomic E-state index is 0.0556. The number of carbonyl (C=O) groups excluding carboxylic acids is 1. The van der Waals surface area contributed by atoms with Crippen LogP contribution in [0, 0.1) is 5.92 Å². The van der Waals surface area contributed by atoms with Crippen molar-refractivity contribution in [2.45, 2.75) is 19.9 Å². The van der Waals surface area contributed by atoms with Crippen molar-refractivity contribution in [2.75, 3.05) is 6.54 Å². The van der Waals surface area contributed by atoms with Crippen molar-refractivity contribution >= 4 is 5.78 Å². The van der Waals surface area contributed by atoms with Gasteiger partial charge in [0.05, 0.1) is 12.6 Å². The van der Waals surface area contributed by atoms with Crippen LogP contribution in [0.3, 0.4) is 0 Å². The maximum atomic E-state index is 11.8. The molecule has 2 rings (SSSR count). The van der Waals surface area contributed by atoms with E-state index in [-0.39, 0.29) is 17.7 Å². The average Bonchev–Trinajstić information content (AvgIpc) is 2.49. The van der Waals surface area contributed by atoms with Crippen molar-refractivity contribution in [1.29, 1.82) is 0 Å². The molecule has 0 amide bonds. The largest absolute Gasteiger partial charge is 0.299 e. The Morgan fingerprint density at radius 1 is 0.900 bits per heavy atom. The molecule has 0 aliphatic rings. The summed E-state index contributed by atoms with van der Waals surface area (Å²) in [5, 5.41) is 3.38. The first-order valence-electron chi connectivity index (χ1n) is 7.04. The van der Waals surface area contributed by atoms with E-state index in [1.165, 1.54) is 11.1 Å². The third-order valence-electron chi connectivity index (χ3n) is 3.39. The van der Waals surface area contributed by atoms with Gasteiger partial charge in [0.15, 0.2) is 0 Å². The number of benzene rings is 2. The van der Waals surface area contributed by atoms with Gasteiger partial charge in [-0.15, -0.1) is 0 Å². The fourth-order valence-electron chi connectivity index (χ4n) is 2.13. The molecular formula is C18H21NO. The lowest BCUT2D eigenvalue weighted by Crippen LogP contribution is -2.30. The quantitative estimate of drug-likeness (QED) is 0.866. The van der Waals surface area contributed by atoms with Gasteiger partial charge in [0, 0.05) is 5.92 Å². The number of ketones is 1. The van der Waals surface area contributed by atoms with Gasteiger partial charge in [-0.05, 0) is 11.1 Å². The van der Waals surface area contributed by atoms with Crippen molar-refractivity contribution in [3.63, 3.8) is 0 Å². The summed E-state index contributed by atoms with van der Waals surface area (Å²) in [6, 6.07) is 20.5. The summed E-state index contributed by atoms with van der Waals surface area (Å²) in [5.41, 5.74) is 2.35. The van der Waals surface area contributed by atoms with Crippen molar-refractivity contribution in [1.82, 2.24) is 5.32 Å². The summed E-state index contributed by atoms with van der Waals surface area (Å²) >= 11 is 0. The molecule has 0 aliphatic carbocycles. The van der Waals surface area contributed by atoms with Crippen LogP contribution in [0.2, 0.25) is 0 Å². The van der Waals surface area contributed by atoms with Crippen LogP contribution in [0.4, 0.5) is 0 Å². The Balaban J connectivity index is 2.20. The van der Waals surface area contributed by atoms with E-state index in [2.05, 4.69) is 29.6 Å². The van der Waals surface area contributed by atoms with Crippen LogP contribution in [-0.4, -0.2) is 12.3 Å². The highest BCUT2D eigenvalue weighted by Gasteiger charge is 2.15. The summed E-state index contributed by atoms with van der Waals surface area (Å²) < 4.78 is 0. The van der Waals surface area contributed by atoms with Crippen LogP contribution in [0.25, 0.3) is 0 Å². The second kappa shape index (κ2) is 7.01. The number of hydrogen-bond acceptors (Lipinski definition) is 2. The Bertz CT molecular complexity index is 494. The van der Waals surface area contributed by atoms with Crippen LogP contribution in [-0.2, 0) is 4.79 Å². The average molecular weight is 267 g/mol. The number of rotatable bonds is 6. The highest BCUT2D eigenvalue weighted by atomic mass is 16.1. The van der Waals surface area contributed by atoms with Crippen LogP contribution in [0.1, 0.15) is 31.0 Å². The highest BCUT2D eigenvalue weighted by Crippen LogP contribution is 2.21. The SMILES string of the molecule is CC(C)C(=O)CNC(c1ccccc1)c1ccccc1. The lowest BCUT2D eigenvalue weighted by Gasteiger charge is -2.20. The normalized spacial score (nSPS) is 11.0. The summed E-state index contributed by atoms with van der Waals surface area (Å²) in [6.45, 7) is 4.26. The summed E-state index contributed by atoms with van der Waals surface area (Å²) in [6.07, 6.45) is 0. The Kier molecular flexibility index (Phi) is 5.08. The zero-order valence-corrected chi connectivity index (χ0v) is 12.0. The van der Waals surface area contributed by atoms with Gasteiger partial charge in [0.2, 0.25) is 0 Å². The van der Waals surface area contributed by atoms with Gasteiger partial charge in [-0.25, -0.2) is 0 Å². The molecule has 2 heteroatoms. The molecule has 0 saturated heterocycles. The van der Waals surface area contributed by atoms with Gasteiger partial charge in [-0.2, -0.15) is 0 Å². The molecular weight excluding hydrogens is 246 g/mol. The van der Waals surface area contributed by atoms with E-state index in [4.69, 9.17) is 0 Å². The van der Waals surface area contributed by atoms with E-state index in [9.17, 15) is 4.79 Å². The van der Waals surface area contributed by atoms with Crippen LogP contribution in [0.5, 0.6) is 0 Å². The molecule has 2 nitrogen and oxygen atoms in total. The first-order valence-corrected chi connectivity index (χ1v) is 7.04. The molecule has 2 aromatic carbocycles. The molecule has 0 radical (unpaired) electrons. The van der Waals surface area contributed by atoms with Gasteiger partial charge in [-0.1, -0.05) is 74.5 Å². The molecule has 0 aliphatic heterocycles. The van der Waals surface area contributed by atoms with E-state index in [0.29, 0.717) is 6.54 Å². The van der Waals surface area contributed by atoms with Gasteiger partial charge >= 0.3 is 0 Å². The Morgan fingerprint density at radius 3 is 1.75 bits per heavy atom. The molecule has 2 aromatic rings. The van der Waals surface area contributed by atoms with E-state index >= 15 is 0 Å². The minimum atomic E-state index is 0.0556. The molecule has 0 unspecified atom stereocenters. The summed E-state index contributed by atoms with van der Waals surface area (Å²) in [5.74, 6) is 0.302. The summed E-state index contributed by atoms with van der Waals surface area (Å²) in [7, 11) is 0. The van der Waals surface area contributed by atoms with Crippen molar-refractivity contribution in [3.05, 3.63) is 71.8 Å². The lowest BCUT2D eigenvalue weighted by atomic mass is 9.98. The first-order chi connectivity index (χ1) is 9.68. The third-order valence-corrected chi connectivity index (χ3v) is 3.39. The van der Waals surface area contributed by atoms with Crippen LogP contribution < -0.4 is 5.32 Å². The molecule has 0 atom stereocenters. The second-order valence-corrected chi connectivity index (χ2v) is 5.26. The second-order valence-electron chi connectivity index (χ2n) is 5.26. The standard InChI is InChI=1S/C18H21NO/c1-14(2)17(20)13-19-18(15-9-5-3-6-10-15)16-11-7-4-8-12-16/h3-12,14,18-19H,13H2,1-2H3. The highest BCUT2D eigenvalue weighted by molar-refractivity contribution is 5.82. The zero-order chi connectivity index (χ0) is 14.4. The van der Waals surface area contributed by atoms with Gasteiger partial charge in [0.1, 0.15) is 5.78 Å². The number of hydrogen-bond donors (Lipinski definition) is 1.